The summed E-state index contributed by atoms with van der Waals surface area (Å²) in [5, 5.41) is 0. The van der Waals surface area contributed by atoms with Crippen LogP contribution in [0.25, 0.3) is 0 Å². The highest BCUT2D eigenvalue weighted by atomic mass is 16.3. The van der Waals surface area contributed by atoms with Gasteiger partial charge in [0.1, 0.15) is 5.76 Å². The van der Waals surface area contributed by atoms with Gasteiger partial charge in [-0.1, -0.05) is 0 Å². The SMILES string of the molecule is O=C1c2cnc(N3CCCC3)nc2CN1CCc1ccco1. The summed E-state index contributed by atoms with van der Waals surface area (Å²) >= 11 is 0. The number of carbonyl (C=O) groups excluding carboxylic acids is 1. The van der Waals surface area contributed by atoms with Gasteiger partial charge in [-0.2, -0.15) is 0 Å². The molecule has 1 fully saturated rings. The van der Waals surface area contributed by atoms with Crippen LogP contribution in [-0.4, -0.2) is 40.4 Å². The van der Waals surface area contributed by atoms with Gasteiger partial charge in [0, 0.05) is 32.3 Å². The fraction of sp³-hybridized carbons (Fsp3) is 0.438. The molecule has 2 aliphatic rings. The predicted molar refractivity (Wildman–Crippen MR) is 80.6 cm³/mol. The maximum absolute atomic E-state index is 12.4. The van der Waals surface area contributed by atoms with Crippen LogP contribution >= 0.6 is 0 Å². The summed E-state index contributed by atoms with van der Waals surface area (Å²) in [6.07, 6.45) is 6.44. The van der Waals surface area contributed by atoms with Crippen molar-refractivity contribution in [3.8, 4) is 0 Å². The van der Waals surface area contributed by atoms with Crippen LogP contribution < -0.4 is 4.90 Å². The van der Waals surface area contributed by atoms with E-state index in [4.69, 9.17) is 4.42 Å². The molecule has 4 heterocycles. The van der Waals surface area contributed by atoms with E-state index in [-0.39, 0.29) is 5.91 Å². The predicted octanol–water partition coefficient (Wildman–Crippen LogP) is 1.87. The monoisotopic (exact) mass is 298 g/mol. The molecule has 0 aliphatic carbocycles. The highest BCUT2D eigenvalue weighted by molar-refractivity contribution is 5.97. The Hall–Kier alpha value is -2.37. The van der Waals surface area contributed by atoms with Gasteiger partial charge in [0.15, 0.2) is 0 Å². The smallest absolute Gasteiger partial charge is 0.257 e. The maximum Gasteiger partial charge on any atom is 0.257 e. The van der Waals surface area contributed by atoms with Gasteiger partial charge < -0.3 is 14.2 Å². The van der Waals surface area contributed by atoms with Crippen molar-refractivity contribution in [2.45, 2.75) is 25.8 Å². The topological polar surface area (TPSA) is 62.5 Å². The van der Waals surface area contributed by atoms with Crippen LogP contribution in [0.2, 0.25) is 0 Å². The van der Waals surface area contributed by atoms with Gasteiger partial charge in [0.05, 0.1) is 24.1 Å². The molecule has 6 heteroatoms. The largest absolute Gasteiger partial charge is 0.469 e. The second-order valence-electron chi connectivity index (χ2n) is 5.78. The summed E-state index contributed by atoms with van der Waals surface area (Å²) in [5.74, 6) is 1.68. The zero-order valence-electron chi connectivity index (χ0n) is 12.4. The first-order valence-electron chi connectivity index (χ1n) is 7.74. The highest BCUT2D eigenvalue weighted by Crippen LogP contribution is 2.24. The molecule has 114 valence electrons. The van der Waals surface area contributed by atoms with Crippen molar-refractivity contribution in [1.82, 2.24) is 14.9 Å². The fourth-order valence-electron chi connectivity index (χ4n) is 3.08. The van der Waals surface area contributed by atoms with E-state index >= 15 is 0 Å². The summed E-state index contributed by atoms with van der Waals surface area (Å²) in [5.41, 5.74) is 1.49. The second kappa shape index (κ2) is 5.44. The van der Waals surface area contributed by atoms with Crippen molar-refractivity contribution in [2.24, 2.45) is 0 Å². The molecule has 0 saturated carbocycles. The van der Waals surface area contributed by atoms with E-state index in [1.807, 2.05) is 17.0 Å². The number of anilines is 1. The first-order valence-corrected chi connectivity index (χ1v) is 7.74. The average Bonchev–Trinajstić information content (AvgIpc) is 3.27. The van der Waals surface area contributed by atoms with Gasteiger partial charge in [-0.15, -0.1) is 0 Å². The summed E-state index contributed by atoms with van der Waals surface area (Å²) < 4.78 is 5.32. The van der Waals surface area contributed by atoms with E-state index in [1.165, 1.54) is 12.8 Å². The molecule has 1 saturated heterocycles. The lowest BCUT2D eigenvalue weighted by Gasteiger charge is -2.15. The van der Waals surface area contributed by atoms with Crippen molar-refractivity contribution < 1.29 is 9.21 Å². The molecule has 0 aromatic carbocycles. The summed E-state index contributed by atoms with van der Waals surface area (Å²) in [4.78, 5) is 25.4. The van der Waals surface area contributed by atoms with Crippen LogP contribution in [0.15, 0.2) is 29.0 Å². The number of hydrogen-bond acceptors (Lipinski definition) is 5. The maximum atomic E-state index is 12.4. The molecule has 0 atom stereocenters. The minimum atomic E-state index is 0.0227. The Morgan fingerprint density at radius 1 is 1.27 bits per heavy atom. The van der Waals surface area contributed by atoms with E-state index in [2.05, 4.69) is 14.9 Å². The third-order valence-corrected chi connectivity index (χ3v) is 4.31. The number of carbonyl (C=O) groups is 1. The summed E-state index contributed by atoms with van der Waals surface area (Å²) in [6.45, 7) is 3.23. The van der Waals surface area contributed by atoms with E-state index in [0.717, 1.165) is 36.9 Å². The summed E-state index contributed by atoms with van der Waals surface area (Å²) in [7, 11) is 0. The number of amides is 1. The molecule has 0 bridgehead atoms. The van der Waals surface area contributed by atoms with Gasteiger partial charge in [-0.3, -0.25) is 4.79 Å². The molecule has 0 radical (unpaired) electrons. The van der Waals surface area contributed by atoms with Crippen LogP contribution in [0.4, 0.5) is 5.95 Å². The van der Waals surface area contributed by atoms with E-state index in [1.54, 1.807) is 12.5 Å². The Morgan fingerprint density at radius 2 is 2.14 bits per heavy atom. The molecule has 0 unspecified atom stereocenters. The number of aromatic nitrogens is 2. The molecule has 2 aromatic heterocycles. The van der Waals surface area contributed by atoms with Crippen LogP contribution in [0.1, 0.15) is 34.7 Å². The van der Waals surface area contributed by atoms with Gasteiger partial charge in [-0.05, 0) is 25.0 Å². The Morgan fingerprint density at radius 3 is 2.91 bits per heavy atom. The van der Waals surface area contributed by atoms with Crippen molar-refractivity contribution in [2.75, 3.05) is 24.5 Å². The minimum absolute atomic E-state index is 0.0227. The molecule has 1 amide bonds. The molecule has 6 nitrogen and oxygen atoms in total. The molecule has 4 rings (SSSR count). The van der Waals surface area contributed by atoms with Crippen molar-refractivity contribution in [3.63, 3.8) is 0 Å². The quantitative estimate of drug-likeness (QED) is 0.862. The fourth-order valence-corrected chi connectivity index (χ4v) is 3.08. The molecule has 22 heavy (non-hydrogen) atoms. The lowest BCUT2D eigenvalue weighted by Crippen LogP contribution is -2.26. The first kappa shape index (κ1) is 13.3. The number of rotatable bonds is 4. The second-order valence-corrected chi connectivity index (χ2v) is 5.78. The molecule has 0 spiro atoms. The third-order valence-electron chi connectivity index (χ3n) is 4.31. The molecule has 0 N–H and O–H groups in total. The van der Waals surface area contributed by atoms with Crippen LogP contribution in [0.5, 0.6) is 0 Å². The zero-order chi connectivity index (χ0) is 14.9. The standard InChI is InChI=1S/C16H18N4O2/c21-15-13-10-17-16(19-6-1-2-7-19)18-14(13)11-20(15)8-5-12-4-3-9-22-12/h3-4,9-10H,1-2,5-8,11H2. The molecular weight excluding hydrogens is 280 g/mol. The van der Waals surface area contributed by atoms with Crippen LogP contribution in [-0.2, 0) is 13.0 Å². The summed E-state index contributed by atoms with van der Waals surface area (Å²) in [6, 6.07) is 3.79. The normalized spacial score (nSPS) is 17.4. The Balaban J connectivity index is 1.48. The van der Waals surface area contributed by atoms with E-state index in [9.17, 15) is 4.79 Å². The van der Waals surface area contributed by atoms with Crippen molar-refractivity contribution in [1.29, 1.82) is 0 Å². The number of nitrogens with zero attached hydrogens (tertiary/aromatic N) is 4. The molecule has 2 aliphatic heterocycles. The first-order chi connectivity index (χ1) is 10.8. The van der Waals surface area contributed by atoms with Crippen molar-refractivity contribution >= 4 is 11.9 Å². The third kappa shape index (κ3) is 2.34. The lowest BCUT2D eigenvalue weighted by molar-refractivity contribution is 0.0778. The number of fused-ring (bicyclic) bond motifs is 1. The van der Waals surface area contributed by atoms with Gasteiger partial charge in [0.25, 0.3) is 5.91 Å². The van der Waals surface area contributed by atoms with Gasteiger partial charge >= 0.3 is 0 Å². The average molecular weight is 298 g/mol. The Labute approximate surface area is 128 Å². The molecular formula is C16H18N4O2. The molecule has 2 aromatic rings. The van der Waals surface area contributed by atoms with E-state index in [0.29, 0.717) is 18.7 Å². The van der Waals surface area contributed by atoms with Gasteiger partial charge in [-0.25, -0.2) is 9.97 Å². The number of hydrogen-bond donors (Lipinski definition) is 0. The highest BCUT2D eigenvalue weighted by Gasteiger charge is 2.30. The van der Waals surface area contributed by atoms with Crippen molar-refractivity contribution in [3.05, 3.63) is 41.6 Å². The van der Waals surface area contributed by atoms with Crippen LogP contribution in [0, 0.1) is 0 Å². The zero-order valence-corrected chi connectivity index (χ0v) is 12.4. The Kier molecular flexibility index (Phi) is 3.29. The van der Waals surface area contributed by atoms with E-state index < -0.39 is 0 Å². The van der Waals surface area contributed by atoms with Gasteiger partial charge in [0.2, 0.25) is 5.95 Å². The van der Waals surface area contributed by atoms with Crippen LogP contribution in [0.3, 0.4) is 0 Å². The Bertz CT molecular complexity index is 677. The lowest BCUT2D eigenvalue weighted by atomic mass is 10.3. The minimum Gasteiger partial charge on any atom is -0.469 e. The number of furan rings is 1.